The molecule has 0 spiro atoms. The molecule has 0 aromatic heterocycles. The highest BCUT2D eigenvalue weighted by Gasteiger charge is 2.24. The van der Waals surface area contributed by atoms with Gasteiger partial charge in [-0.3, -0.25) is 9.59 Å². The molecule has 1 heterocycles. The molecule has 0 saturated carbocycles. The molecule has 21 heavy (non-hydrogen) atoms. The van der Waals surface area contributed by atoms with Crippen LogP contribution in [0.1, 0.15) is 32.6 Å². The number of carbonyl (C=O) groups is 2. The zero-order chi connectivity index (χ0) is 15.1. The Balaban J connectivity index is 1.98. The number of benzene rings is 2. The molecule has 3 nitrogen and oxygen atoms in total. The lowest BCUT2D eigenvalue weighted by Crippen LogP contribution is -2.20. The van der Waals surface area contributed by atoms with Crippen LogP contribution in [0, 0.1) is 13.8 Å². The highest BCUT2D eigenvalue weighted by atomic mass is 16.2. The largest absolute Gasteiger partial charge is 0.315 e. The van der Waals surface area contributed by atoms with Crippen molar-refractivity contribution in [3.63, 3.8) is 0 Å². The number of fused-ring (bicyclic) bond motifs is 1. The maximum atomic E-state index is 12.6. The third-order valence-electron chi connectivity index (χ3n) is 4.19. The molecular formula is C18H17NO2. The number of rotatable bonds is 2. The van der Waals surface area contributed by atoms with E-state index in [9.17, 15) is 9.59 Å². The van der Waals surface area contributed by atoms with Crippen molar-refractivity contribution in [1.82, 2.24) is 0 Å². The van der Waals surface area contributed by atoms with Crippen LogP contribution in [0.2, 0.25) is 0 Å². The third kappa shape index (κ3) is 2.25. The zero-order valence-corrected chi connectivity index (χ0v) is 12.4. The van der Waals surface area contributed by atoms with Crippen molar-refractivity contribution < 1.29 is 9.59 Å². The van der Waals surface area contributed by atoms with Crippen LogP contribution in [0.3, 0.4) is 0 Å². The van der Waals surface area contributed by atoms with Crippen LogP contribution >= 0.6 is 0 Å². The molecule has 1 amide bonds. The molecule has 0 unspecified atom stereocenters. The van der Waals surface area contributed by atoms with Gasteiger partial charge in [-0.05, 0) is 54.8 Å². The van der Waals surface area contributed by atoms with E-state index in [0.717, 1.165) is 16.8 Å². The van der Waals surface area contributed by atoms with Crippen molar-refractivity contribution in [3.05, 3.63) is 64.2 Å². The quantitative estimate of drug-likeness (QED) is 0.792. The van der Waals surface area contributed by atoms with Crippen LogP contribution < -0.4 is 4.90 Å². The fourth-order valence-corrected chi connectivity index (χ4v) is 2.66. The SMILES string of the molecule is Cc1ccc(C(=O)c2ccc3c(c2)CC(=O)N3C)cc1C. The molecule has 2 aromatic rings. The molecule has 3 heteroatoms. The number of aryl methyl sites for hydroxylation is 2. The molecule has 0 radical (unpaired) electrons. The molecule has 0 bridgehead atoms. The minimum atomic E-state index is 0.00269. The van der Waals surface area contributed by atoms with Crippen LogP contribution in [0.25, 0.3) is 0 Å². The number of likely N-dealkylation sites (N-methyl/N-ethyl adjacent to an activating group) is 1. The van der Waals surface area contributed by atoms with Gasteiger partial charge in [-0.15, -0.1) is 0 Å². The van der Waals surface area contributed by atoms with E-state index in [1.54, 1.807) is 18.0 Å². The minimum absolute atomic E-state index is 0.00269. The van der Waals surface area contributed by atoms with Crippen molar-refractivity contribution in [2.24, 2.45) is 0 Å². The van der Waals surface area contributed by atoms with Gasteiger partial charge in [-0.1, -0.05) is 12.1 Å². The van der Waals surface area contributed by atoms with Crippen molar-refractivity contribution in [2.45, 2.75) is 20.3 Å². The van der Waals surface area contributed by atoms with Crippen LogP contribution in [0.4, 0.5) is 5.69 Å². The Kier molecular flexibility index (Phi) is 3.13. The molecule has 0 N–H and O–H groups in total. The lowest BCUT2D eigenvalue weighted by Gasteiger charge is -2.10. The molecule has 0 saturated heterocycles. The van der Waals surface area contributed by atoms with Gasteiger partial charge in [-0.2, -0.15) is 0 Å². The van der Waals surface area contributed by atoms with Crippen molar-refractivity contribution >= 4 is 17.4 Å². The summed E-state index contributed by atoms with van der Waals surface area (Å²) in [6, 6.07) is 11.2. The average Bonchev–Trinajstić information content (AvgIpc) is 2.76. The number of anilines is 1. The number of hydrogen-bond acceptors (Lipinski definition) is 2. The van der Waals surface area contributed by atoms with Crippen molar-refractivity contribution in [1.29, 1.82) is 0 Å². The van der Waals surface area contributed by atoms with Gasteiger partial charge in [0.15, 0.2) is 5.78 Å². The van der Waals surface area contributed by atoms with Crippen LogP contribution in [0.5, 0.6) is 0 Å². The van der Waals surface area contributed by atoms with E-state index in [1.165, 1.54) is 5.56 Å². The number of amides is 1. The summed E-state index contributed by atoms with van der Waals surface area (Å²) >= 11 is 0. The fourth-order valence-electron chi connectivity index (χ4n) is 2.66. The van der Waals surface area contributed by atoms with Gasteiger partial charge in [0.05, 0.1) is 6.42 Å². The molecule has 2 aromatic carbocycles. The normalized spacial score (nSPS) is 13.5. The number of nitrogens with zero attached hydrogens (tertiary/aromatic N) is 1. The number of carbonyl (C=O) groups excluding carboxylic acids is 2. The first-order chi connectivity index (χ1) is 9.97. The van der Waals surface area contributed by atoms with Crippen LogP contribution in [0.15, 0.2) is 36.4 Å². The Morgan fingerprint density at radius 2 is 1.67 bits per heavy atom. The predicted molar refractivity (Wildman–Crippen MR) is 82.9 cm³/mol. The lowest BCUT2D eigenvalue weighted by molar-refractivity contribution is -0.117. The highest BCUT2D eigenvalue weighted by molar-refractivity contribution is 6.10. The van der Waals surface area contributed by atoms with E-state index in [1.807, 2.05) is 44.2 Å². The standard InChI is InChI=1S/C18H17NO2/c1-11-4-5-13(8-12(11)2)18(21)14-6-7-16-15(9-14)10-17(20)19(16)3/h4-9H,10H2,1-3H3. The second-order valence-electron chi connectivity index (χ2n) is 5.60. The molecule has 0 aliphatic carbocycles. The molecule has 106 valence electrons. The summed E-state index contributed by atoms with van der Waals surface area (Å²) in [4.78, 5) is 25.9. The molecule has 1 aliphatic heterocycles. The van der Waals surface area contributed by atoms with E-state index >= 15 is 0 Å². The number of ketones is 1. The van der Waals surface area contributed by atoms with Crippen LogP contribution in [-0.4, -0.2) is 18.7 Å². The summed E-state index contributed by atoms with van der Waals surface area (Å²) in [5.74, 6) is 0.0729. The summed E-state index contributed by atoms with van der Waals surface area (Å²) in [5.41, 5.74) is 5.44. The summed E-state index contributed by atoms with van der Waals surface area (Å²) in [5, 5.41) is 0. The average molecular weight is 279 g/mol. The minimum Gasteiger partial charge on any atom is -0.315 e. The molecule has 1 aliphatic rings. The van der Waals surface area contributed by atoms with Gasteiger partial charge >= 0.3 is 0 Å². The number of hydrogen-bond donors (Lipinski definition) is 0. The van der Waals surface area contributed by atoms with Gasteiger partial charge in [0.25, 0.3) is 0 Å². The fraction of sp³-hybridized carbons (Fsp3) is 0.222. The Hall–Kier alpha value is -2.42. The molecule has 0 atom stereocenters. The molecule has 3 rings (SSSR count). The van der Waals surface area contributed by atoms with Gasteiger partial charge in [0.2, 0.25) is 5.91 Å². The van der Waals surface area contributed by atoms with Crippen molar-refractivity contribution in [2.75, 3.05) is 11.9 Å². The van der Waals surface area contributed by atoms with E-state index < -0.39 is 0 Å². The lowest BCUT2D eigenvalue weighted by atomic mass is 9.97. The monoisotopic (exact) mass is 279 g/mol. The molecule has 0 fully saturated rings. The first kappa shape index (κ1) is 13.6. The Morgan fingerprint density at radius 3 is 2.38 bits per heavy atom. The van der Waals surface area contributed by atoms with E-state index in [0.29, 0.717) is 17.5 Å². The Labute approximate surface area is 124 Å². The zero-order valence-electron chi connectivity index (χ0n) is 12.4. The van der Waals surface area contributed by atoms with Crippen LogP contribution in [-0.2, 0) is 11.2 Å². The predicted octanol–water partition coefficient (Wildman–Crippen LogP) is 3.05. The Bertz CT molecular complexity index is 762. The second kappa shape index (κ2) is 4.85. The highest BCUT2D eigenvalue weighted by Crippen LogP contribution is 2.29. The van der Waals surface area contributed by atoms with Gasteiger partial charge in [0, 0.05) is 23.9 Å². The summed E-state index contributed by atoms with van der Waals surface area (Å²) < 4.78 is 0. The van der Waals surface area contributed by atoms with Crippen molar-refractivity contribution in [3.8, 4) is 0 Å². The topological polar surface area (TPSA) is 37.4 Å². The third-order valence-corrected chi connectivity index (χ3v) is 4.19. The smallest absolute Gasteiger partial charge is 0.231 e. The van der Waals surface area contributed by atoms with Gasteiger partial charge < -0.3 is 4.90 Å². The van der Waals surface area contributed by atoms with E-state index in [-0.39, 0.29) is 11.7 Å². The van der Waals surface area contributed by atoms with Gasteiger partial charge in [-0.25, -0.2) is 0 Å². The first-order valence-corrected chi connectivity index (χ1v) is 6.99. The molecular weight excluding hydrogens is 262 g/mol. The maximum absolute atomic E-state index is 12.6. The maximum Gasteiger partial charge on any atom is 0.231 e. The summed E-state index contributed by atoms with van der Waals surface area (Å²) in [7, 11) is 1.76. The van der Waals surface area contributed by atoms with E-state index in [2.05, 4.69) is 0 Å². The second-order valence-corrected chi connectivity index (χ2v) is 5.60. The van der Waals surface area contributed by atoms with E-state index in [4.69, 9.17) is 0 Å². The summed E-state index contributed by atoms with van der Waals surface area (Å²) in [6.07, 6.45) is 0.375. The van der Waals surface area contributed by atoms with Gasteiger partial charge in [0.1, 0.15) is 0 Å². The first-order valence-electron chi connectivity index (χ1n) is 6.99. The summed E-state index contributed by atoms with van der Waals surface area (Å²) in [6.45, 7) is 4.03. The Morgan fingerprint density at radius 1 is 1.00 bits per heavy atom.